The minimum atomic E-state index is -0.678. The van der Waals surface area contributed by atoms with Crippen molar-refractivity contribution in [1.82, 2.24) is 5.32 Å². The molecule has 0 saturated heterocycles. The van der Waals surface area contributed by atoms with Gasteiger partial charge in [0, 0.05) is 0 Å². The SMILES string of the molecule is CCCCCCCCOC(=O)C(NC(=O)OCCCl)C(C)CC. The number of amides is 1. The average molecular weight is 350 g/mol. The Morgan fingerprint density at radius 1 is 1.00 bits per heavy atom. The van der Waals surface area contributed by atoms with Crippen molar-refractivity contribution < 1.29 is 19.1 Å². The van der Waals surface area contributed by atoms with E-state index >= 15 is 0 Å². The van der Waals surface area contributed by atoms with Crippen LogP contribution >= 0.6 is 11.6 Å². The molecular weight excluding hydrogens is 318 g/mol. The summed E-state index contributed by atoms with van der Waals surface area (Å²) in [7, 11) is 0. The quantitative estimate of drug-likeness (QED) is 0.306. The molecule has 0 rings (SSSR count). The Morgan fingerprint density at radius 2 is 1.65 bits per heavy atom. The van der Waals surface area contributed by atoms with E-state index in [9.17, 15) is 9.59 Å². The van der Waals surface area contributed by atoms with E-state index in [1.165, 1.54) is 25.7 Å². The van der Waals surface area contributed by atoms with E-state index in [-0.39, 0.29) is 18.4 Å². The number of alkyl halides is 1. The van der Waals surface area contributed by atoms with Gasteiger partial charge in [0.05, 0.1) is 12.5 Å². The van der Waals surface area contributed by atoms with E-state index < -0.39 is 18.1 Å². The number of hydrogen-bond acceptors (Lipinski definition) is 4. The van der Waals surface area contributed by atoms with Crippen LogP contribution in [0.15, 0.2) is 0 Å². The predicted octanol–water partition coefficient (Wildman–Crippen LogP) is 4.27. The zero-order valence-electron chi connectivity index (χ0n) is 14.7. The molecule has 1 N–H and O–H groups in total. The van der Waals surface area contributed by atoms with Gasteiger partial charge < -0.3 is 14.8 Å². The number of carbonyl (C=O) groups is 2. The molecule has 0 aliphatic carbocycles. The van der Waals surface area contributed by atoms with Crippen molar-refractivity contribution in [2.45, 2.75) is 71.8 Å². The van der Waals surface area contributed by atoms with Crippen molar-refractivity contribution in [3.63, 3.8) is 0 Å². The third kappa shape index (κ3) is 11.2. The van der Waals surface area contributed by atoms with Gasteiger partial charge in [0.2, 0.25) is 0 Å². The lowest BCUT2D eigenvalue weighted by Gasteiger charge is -2.22. The molecule has 0 aliphatic heterocycles. The first-order valence-electron chi connectivity index (χ1n) is 8.72. The minimum Gasteiger partial charge on any atom is -0.464 e. The molecule has 0 saturated carbocycles. The Bertz CT molecular complexity index is 326. The Balaban J connectivity index is 4.13. The highest BCUT2D eigenvalue weighted by Crippen LogP contribution is 2.11. The summed E-state index contributed by atoms with van der Waals surface area (Å²) in [6, 6.07) is -0.678. The fourth-order valence-corrected chi connectivity index (χ4v) is 2.19. The first-order valence-corrected chi connectivity index (χ1v) is 9.26. The van der Waals surface area contributed by atoms with Crippen molar-refractivity contribution in [3.05, 3.63) is 0 Å². The molecule has 5 nitrogen and oxygen atoms in total. The number of ether oxygens (including phenoxy) is 2. The fraction of sp³-hybridized carbons (Fsp3) is 0.882. The molecule has 2 atom stereocenters. The lowest BCUT2D eigenvalue weighted by atomic mass is 9.99. The predicted molar refractivity (Wildman–Crippen MR) is 92.8 cm³/mol. The Kier molecular flexibility index (Phi) is 14.0. The van der Waals surface area contributed by atoms with Crippen molar-refractivity contribution in [1.29, 1.82) is 0 Å². The van der Waals surface area contributed by atoms with Crippen LogP contribution in [0.2, 0.25) is 0 Å². The van der Waals surface area contributed by atoms with Gasteiger partial charge in [-0.05, 0) is 12.3 Å². The lowest BCUT2D eigenvalue weighted by molar-refractivity contribution is -0.147. The molecule has 23 heavy (non-hydrogen) atoms. The second kappa shape index (κ2) is 14.6. The van der Waals surface area contributed by atoms with Gasteiger partial charge in [0.1, 0.15) is 12.6 Å². The van der Waals surface area contributed by atoms with Gasteiger partial charge >= 0.3 is 12.1 Å². The molecule has 0 aromatic carbocycles. The summed E-state index contributed by atoms with van der Waals surface area (Å²) in [5.74, 6) is -0.185. The zero-order valence-corrected chi connectivity index (χ0v) is 15.5. The second-order valence-corrected chi connectivity index (χ2v) is 6.15. The topological polar surface area (TPSA) is 64.6 Å². The number of rotatable bonds is 13. The Labute approximate surface area is 145 Å². The van der Waals surface area contributed by atoms with E-state index in [1.807, 2.05) is 13.8 Å². The summed E-state index contributed by atoms with van der Waals surface area (Å²) in [5.41, 5.74) is 0. The van der Waals surface area contributed by atoms with E-state index in [0.29, 0.717) is 6.61 Å². The van der Waals surface area contributed by atoms with Gasteiger partial charge in [0.15, 0.2) is 0 Å². The van der Waals surface area contributed by atoms with Crippen LogP contribution in [-0.2, 0) is 14.3 Å². The van der Waals surface area contributed by atoms with Crippen molar-refractivity contribution in [2.24, 2.45) is 5.92 Å². The molecule has 0 aromatic rings. The van der Waals surface area contributed by atoms with E-state index in [4.69, 9.17) is 21.1 Å². The number of unbranched alkanes of at least 4 members (excludes halogenated alkanes) is 5. The molecule has 0 radical (unpaired) electrons. The smallest absolute Gasteiger partial charge is 0.407 e. The van der Waals surface area contributed by atoms with E-state index in [2.05, 4.69) is 12.2 Å². The van der Waals surface area contributed by atoms with Crippen LogP contribution in [-0.4, -0.2) is 37.2 Å². The summed E-state index contributed by atoms with van der Waals surface area (Å²) in [6.45, 7) is 6.56. The summed E-state index contributed by atoms with van der Waals surface area (Å²) in [4.78, 5) is 23.8. The van der Waals surface area contributed by atoms with Crippen molar-refractivity contribution in [3.8, 4) is 0 Å². The number of carbonyl (C=O) groups excluding carboxylic acids is 2. The first-order chi connectivity index (χ1) is 11.1. The molecule has 1 amide bonds. The van der Waals surface area contributed by atoms with Crippen LogP contribution in [0.5, 0.6) is 0 Å². The van der Waals surface area contributed by atoms with Gasteiger partial charge in [-0.3, -0.25) is 0 Å². The normalized spacial score (nSPS) is 13.2. The zero-order chi connectivity index (χ0) is 17.5. The molecule has 0 aromatic heterocycles. The summed E-state index contributed by atoms with van der Waals surface area (Å²) in [5, 5.41) is 2.58. The number of hydrogen-bond donors (Lipinski definition) is 1. The number of nitrogens with one attached hydrogen (secondary N) is 1. The molecular formula is C17H32ClNO4. The van der Waals surface area contributed by atoms with Crippen molar-refractivity contribution in [2.75, 3.05) is 19.1 Å². The number of esters is 1. The molecule has 136 valence electrons. The van der Waals surface area contributed by atoms with Gasteiger partial charge in [0.25, 0.3) is 0 Å². The van der Waals surface area contributed by atoms with Crippen LogP contribution in [0.25, 0.3) is 0 Å². The number of alkyl carbamates (subject to hydrolysis) is 1. The van der Waals surface area contributed by atoms with Crippen molar-refractivity contribution >= 4 is 23.7 Å². The van der Waals surface area contributed by atoms with Crippen LogP contribution < -0.4 is 5.32 Å². The first kappa shape index (κ1) is 22.0. The molecule has 0 heterocycles. The standard InChI is InChI=1S/C17H32ClNO4/c1-4-6-7-8-9-10-12-22-16(20)15(14(3)5-2)19-17(21)23-13-11-18/h14-15H,4-13H2,1-3H3,(H,19,21). The highest BCUT2D eigenvalue weighted by atomic mass is 35.5. The average Bonchev–Trinajstić information content (AvgIpc) is 2.56. The van der Waals surface area contributed by atoms with E-state index in [1.54, 1.807) is 0 Å². The van der Waals surface area contributed by atoms with Crippen LogP contribution in [0, 0.1) is 5.92 Å². The molecule has 0 fully saturated rings. The number of halogens is 1. The second-order valence-electron chi connectivity index (χ2n) is 5.77. The maximum Gasteiger partial charge on any atom is 0.407 e. The van der Waals surface area contributed by atoms with Gasteiger partial charge in [-0.25, -0.2) is 9.59 Å². The molecule has 2 unspecified atom stereocenters. The molecule has 0 spiro atoms. The highest BCUT2D eigenvalue weighted by Gasteiger charge is 2.27. The monoisotopic (exact) mass is 349 g/mol. The minimum absolute atomic E-state index is 0.0180. The fourth-order valence-electron chi connectivity index (χ4n) is 2.11. The molecule has 0 aliphatic rings. The third-order valence-corrected chi connectivity index (χ3v) is 3.95. The molecule has 6 heteroatoms. The lowest BCUT2D eigenvalue weighted by Crippen LogP contribution is -2.46. The third-order valence-electron chi connectivity index (χ3n) is 3.79. The van der Waals surface area contributed by atoms with Gasteiger partial charge in [-0.1, -0.05) is 59.3 Å². The summed E-state index contributed by atoms with van der Waals surface area (Å²) in [6.07, 6.45) is 6.92. The van der Waals surface area contributed by atoms with Crippen LogP contribution in [0.3, 0.4) is 0 Å². The van der Waals surface area contributed by atoms with E-state index in [0.717, 1.165) is 19.3 Å². The summed E-state index contributed by atoms with van der Waals surface area (Å²) < 4.78 is 10.2. The van der Waals surface area contributed by atoms with Crippen LogP contribution in [0.1, 0.15) is 65.7 Å². The highest BCUT2D eigenvalue weighted by molar-refractivity contribution is 6.18. The maximum absolute atomic E-state index is 12.2. The Morgan fingerprint density at radius 3 is 2.26 bits per heavy atom. The Hall–Kier alpha value is -0.970. The molecule has 0 bridgehead atoms. The summed E-state index contributed by atoms with van der Waals surface area (Å²) >= 11 is 5.47. The van der Waals surface area contributed by atoms with Gasteiger partial charge in [-0.15, -0.1) is 11.6 Å². The maximum atomic E-state index is 12.2. The van der Waals surface area contributed by atoms with Crippen LogP contribution in [0.4, 0.5) is 4.79 Å². The largest absolute Gasteiger partial charge is 0.464 e. The van der Waals surface area contributed by atoms with Gasteiger partial charge in [-0.2, -0.15) is 0 Å².